The van der Waals surface area contributed by atoms with E-state index in [2.05, 4.69) is 26.3 Å². The van der Waals surface area contributed by atoms with E-state index in [1.165, 1.54) is 18.2 Å². The van der Waals surface area contributed by atoms with Gasteiger partial charge in [0.05, 0.1) is 11.1 Å². The molecule has 2 rings (SSSR count). The number of amides is 2. The molecule has 0 aromatic heterocycles. The van der Waals surface area contributed by atoms with Crippen LogP contribution < -0.4 is 10.7 Å². The number of hydrogen-bond acceptors (Lipinski definition) is 6. The molecule has 3 N–H and O–H groups in total. The van der Waals surface area contributed by atoms with Gasteiger partial charge in [-0.15, -0.1) is 0 Å². The first-order valence-corrected chi connectivity index (χ1v) is 7.64. The van der Waals surface area contributed by atoms with Gasteiger partial charge < -0.3 is 10.4 Å². The van der Waals surface area contributed by atoms with Gasteiger partial charge in [-0.1, -0.05) is 15.9 Å². The molecule has 0 saturated heterocycles. The summed E-state index contributed by atoms with van der Waals surface area (Å²) in [6.07, 6.45) is 0.941. The Morgan fingerprint density at radius 1 is 1.23 bits per heavy atom. The van der Waals surface area contributed by atoms with E-state index in [9.17, 15) is 29.2 Å². The van der Waals surface area contributed by atoms with Crippen molar-refractivity contribution in [2.75, 3.05) is 5.32 Å². The summed E-state index contributed by atoms with van der Waals surface area (Å²) in [5.41, 5.74) is 1.51. The van der Waals surface area contributed by atoms with Gasteiger partial charge in [0.25, 0.3) is 0 Å². The number of nitrogens with zero attached hydrogens (tertiary/aromatic N) is 2. The Hall–Kier alpha value is -3.34. The highest BCUT2D eigenvalue weighted by Gasteiger charge is 2.18. The molecule has 0 spiro atoms. The number of nitro groups is 1. The molecule has 0 aliphatic rings. The Labute approximate surface area is 153 Å². The van der Waals surface area contributed by atoms with E-state index < -0.39 is 34.0 Å². The lowest BCUT2D eigenvalue weighted by Crippen LogP contribution is -2.32. The van der Waals surface area contributed by atoms with Crippen LogP contribution in [0.25, 0.3) is 0 Å². The minimum absolute atomic E-state index is 0.0506. The maximum absolute atomic E-state index is 12.8. The predicted molar refractivity (Wildman–Crippen MR) is 93.2 cm³/mol. The third-order valence-corrected chi connectivity index (χ3v) is 3.42. The fourth-order valence-electron chi connectivity index (χ4n) is 1.78. The molecule has 0 aliphatic carbocycles. The monoisotopic (exact) mass is 424 g/mol. The van der Waals surface area contributed by atoms with Crippen molar-refractivity contribution in [1.82, 2.24) is 5.43 Å². The van der Waals surface area contributed by atoms with Crippen molar-refractivity contribution in [2.45, 2.75) is 0 Å². The van der Waals surface area contributed by atoms with Crippen LogP contribution in [0.15, 0.2) is 46.0 Å². The van der Waals surface area contributed by atoms with Crippen molar-refractivity contribution in [2.24, 2.45) is 5.10 Å². The Morgan fingerprint density at radius 3 is 2.50 bits per heavy atom. The number of rotatable bonds is 4. The first kappa shape index (κ1) is 19.0. The predicted octanol–water partition coefficient (Wildman–Crippen LogP) is 2.29. The van der Waals surface area contributed by atoms with Gasteiger partial charge in [0, 0.05) is 21.8 Å². The Kier molecular flexibility index (Phi) is 5.96. The van der Waals surface area contributed by atoms with Crippen LogP contribution in [0.1, 0.15) is 5.56 Å². The lowest BCUT2D eigenvalue weighted by molar-refractivity contribution is -0.385. The largest absolute Gasteiger partial charge is 0.502 e. The van der Waals surface area contributed by atoms with Crippen LogP contribution >= 0.6 is 15.9 Å². The Morgan fingerprint density at radius 2 is 1.88 bits per heavy atom. The standard InChI is InChI=1S/C15H10BrFN4O5/c16-9-5-8(13(22)12(6-9)21(25)26)7-18-20-15(24)14(23)19-11-3-1-10(17)2-4-11/h1-7,22H,(H,19,23)(H,20,24)/b18-7+. The molecule has 134 valence electrons. The van der Waals surface area contributed by atoms with Crippen molar-refractivity contribution in [3.63, 3.8) is 0 Å². The lowest BCUT2D eigenvalue weighted by atomic mass is 10.2. The van der Waals surface area contributed by atoms with Crippen molar-refractivity contribution in [3.8, 4) is 5.75 Å². The highest BCUT2D eigenvalue weighted by atomic mass is 79.9. The van der Waals surface area contributed by atoms with E-state index in [4.69, 9.17) is 0 Å². The number of carbonyl (C=O) groups excluding carboxylic acids is 2. The minimum Gasteiger partial charge on any atom is -0.502 e. The number of phenolic OH excluding ortho intramolecular Hbond substituents is 1. The molecular weight excluding hydrogens is 415 g/mol. The quantitative estimate of drug-likeness (QED) is 0.299. The zero-order valence-corrected chi connectivity index (χ0v) is 14.4. The fourth-order valence-corrected chi connectivity index (χ4v) is 2.24. The lowest BCUT2D eigenvalue weighted by Gasteiger charge is -2.04. The average Bonchev–Trinajstić information content (AvgIpc) is 2.59. The number of halogens is 2. The molecule has 0 atom stereocenters. The summed E-state index contributed by atoms with van der Waals surface area (Å²) in [4.78, 5) is 33.3. The number of hydrazone groups is 1. The first-order valence-electron chi connectivity index (χ1n) is 6.85. The van der Waals surface area contributed by atoms with Gasteiger partial charge in [-0.3, -0.25) is 19.7 Å². The van der Waals surface area contributed by atoms with Crippen molar-refractivity contribution in [1.29, 1.82) is 0 Å². The molecule has 2 amide bonds. The second kappa shape index (κ2) is 8.16. The van der Waals surface area contributed by atoms with Crippen LogP contribution in [-0.4, -0.2) is 28.1 Å². The second-order valence-electron chi connectivity index (χ2n) is 4.78. The number of anilines is 1. The summed E-state index contributed by atoms with van der Waals surface area (Å²) in [6, 6.07) is 7.17. The molecular formula is C15H10BrFN4O5. The summed E-state index contributed by atoms with van der Waals surface area (Å²) in [5.74, 6) is -3.33. The molecule has 11 heteroatoms. The van der Waals surface area contributed by atoms with Crippen LogP contribution in [0.5, 0.6) is 5.75 Å². The fraction of sp³-hybridized carbons (Fsp3) is 0. The molecule has 0 saturated carbocycles. The highest BCUT2D eigenvalue weighted by molar-refractivity contribution is 9.10. The van der Waals surface area contributed by atoms with Gasteiger partial charge >= 0.3 is 17.5 Å². The van der Waals surface area contributed by atoms with E-state index in [-0.39, 0.29) is 11.3 Å². The molecule has 0 fully saturated rings. The number of phenols is 1. The van der Waals surface area contributed by atoms with Crippen LogP contribution in [0.2, 0.25) is 0 Å². The smallest absolute Gasteiger partial charge is 0.329 e. The maximum atomic E-state index is 12.8. The first-order chi connectivity index (χ1) is 12.3. The summed E-state index contributed by atoms with van der Waals surface area (Å²) < 4.78 is 13.1. The third-order valence-electron chi connectivity index (χ3n) is 2.96. The zero-order chi connectivity index (χ0) is 19.3. The van der Waals surface area contributed by atoms with Crippen LogP contribution in [0.3, 0.4) is 0 Å². The van der Waals surface area contributed by atoms with Crippen LogP contribution in [0.4, 0.5) is 15.8 Å². The highest BCUT2D eigenvalue weighted by Crippen LogP contribution is 2.32. The molecule has 9 nitrogen and oxygen atoms in total. The normalized spacial score (nSPS) is 10.5. The summed E-state index contributed by atoms with van der Waals surface area (Å²) in [5, 5.41) is 26.3. The van der Waals surface area contributed by atoms with Gasteiger partial charge in [-0.25, -0.2) is 9.82 Å². The summed E-state index contributed by atoms with van der Waals surface area (Å²) in [6.45, 7) is 0. The molecule has 0 radical (unpaired) electrons. The SMILES string of the molecule is O=C(N/N=C/c1cc(Br)cc([N+](=O)[O-])c1O)C(=O)Nc1ccc(F)cc1. The van der Waals surface area contributed by atoms with Gasteiger partial charge in [-0.05, 0) is 30.3 Å². The van der Waals surface area contributed by atoms with E-state index in [0.717, 1.165) is 24.4 Å². The van der Waals surface area contributed by atoms with Crippen LogP contribution in [0, 0.1) is 15.9 Å². The second-order valence-corrected chi connectivity index (χ2v) is 5.70. The van der Waals surface area contributed by atoms with Gasteiger partial charge in [0.1, 0.15) is 5.82 Å². The molecule has 26 heavy (non-hydrogen) atoms. The number of nitrogens with one attached hydrogen (secondary N) is 2. The molecule has 0 unspecified atom stereocenters. The summed E-state index contributed by atoms with van der Waals surface area (Å²) in [7, 11) is 0. The maximum Gasteiger partial charge on any atom is 0.329 e. The molecule has 0 bridgehead atoms. The number of carbonyl (C=O) groups is 2. The van der Waals surface area contributed by atoms with Crippen molar-refractivity contribution >= 4 is 45.3 Å². The number of nitro benzene ring substituents is 1. The molecule has 0 aliphatic heterocycles. The van der Waals surface area contributed by atoms with Crippen LogP contribution in [-0.2, 0) is 9.59 Å². The Balaban J connectivity index is 2.03. The topological polar surface area (TPSA) is 134 Å². The molecule has 2 aromatic rings. The van der Waals surface area contributed by atoms with Crippen molar-refractivity contribution < 1.29 is 24.0 Å². The number of benzene rings is 2. The van der Waals surface area contributed by atoms with Gasteiger partial charge in [-0.2, -0.15) is 5.10 Å². The number of aromatic hydroxyl groups is 1. The number of hydrogen-bond donors (Lipinski definition) is 3. The van der Waals surface area contributed by atoms with E-state index in [0.29, 0.717) is 4.47 Å². The molecule has 0 heterocycles. The van der Waals surface area contributed by atoms with Gasteiger partial charge in [0.15, 0.2) is 0 Å². The summed E-state index contributed by atoms with van der Waals surface area (Å²) >= 11 is 3.05. The average molecular weight is 425 g/mol. The van der Waals surface area contributed by atoms with E-state index >= 15 is 0 Å². The van der Waals surface area contributed by atoms with E-state index in [1.54, 1.807) is 0 Å². The van der Waals surface area contributed by atoms with E-state index in [1.807, 2.05) is 5.43 Å². The van der Waals surface area contributed by atoms with Gasteiger partial charge in [0.2, 0.25) is 5.75 Å². The zero-order valence-electron chi connectivity index (χ0n) is 12.8. The molecule has 2 aromatic carbocycles. The Bertz CT molecular complexity index is 902. The minimum atomic E-state index is -1.13. The third kappa shape index (κ3) is 4.83. The van der Waals surface area contributed by atoms with Crippen molar-refractivity contribution in [3.05, 3.63) is 62.4 Å².